The van der Waals surface area contributed by atoms with Crippen LogP contribution in [-0.2, 0) is 11.3 Å². The molecular weight excluding hydrogens is 246 g/mol. The smallest absolute Gasteiger partial charge is 0.226 e. The van der Waals surface area contributed by atoms with Crippen molar-refractivity contribution in [2.45, 2.75) is 51.6 Å². The Labute approximate surface area is 121 Å². The maximum atomic E-state index is 12.8. The molecule has 20 heavy (non-hydrogen) atoms. The second-order valence-corrected chi connectivity index (χ2v) is 7.11. The van der Waals surface area contributed by atoms with Gasteiger partial charge in [-0.15, -0.1) is 0 Å². The molecule has 0 N–H and O–H groups in total. The van der Waals surface area contributed by atoms with Gasteiger partial charge in [0.25, 0.3) is 0 Å². The summed E-state index contributed by atoms with van der Waals surface area (Å²) in [5.74, 6) is 2.57. The lowest BCUT2D eigenvalue weighted by Gasteiger charge is -2.26. The van der Waals surface area contributed by atoms with E-state index in [9.17, 15) is 4.79 Å². The Morgan fingerprint density at radius 2 is 1.95 bits per heavy atom. The number of hydrogen-bond acceptors (Lipinski definition) is 1. The van der Waals surface area contributed by atoms with E-state index in [0.29, 0.717) is 17.9 Å². The number of fused-ring (bicyclic) bond motifs is 1. The Bertz CT molecular complexity index is 524. The van der Waals surface area contributed by atoms with Gasteiger partial charge in [-0.3, -0.25) is 4.79 Å². The van der Waals surface area contributed by atoms with E-state index in [1.54, 1.807) is 0 Å². The summed E-state index contributed by atoms with van der Waals surface area (Å²) in [5.41, 5.74) is 2.57. The molecule has 0 aromatic heterocycles. The Morgan fingerprint density at radius 1 is 1.20 bits per heavy atom. The number of nitrogens with zero attached hydrogens (tertiary/aromatic N) is 1. The van der Waals surface area contributed by atoms with Crippen LogP contribution in [0, 0.1) is 24.7 Å². The van der Waals surface area contributed by atoms with Crippen LogP contribution in [0.2, 0.25) is 0 Å². The van der Waals surface area contributed by atoms with Crippen molar-refractivity contribution < 1.29 is 4.79 Å². The monoisotopic (exact) mass is 269 g/mol. The van der Waals surface area contributed by atoms with E-state index >= 15 is 0 Å². The highest BCUT2D eigenvalue weighted by Crippen LogP contribution is 2.55. The molecule has 0 saturated heterocycles. The highest BCUT2D eigenvalue weighted by molar-refractivity contribution is 5.80. The predicted molar refractivity (Wildman–Crippen MR) is 79.1 cm³/mol. The van der Waals surface area contributed by atoms with Crippen LogP contribution in [0.25, 0.3) is 0 Å². The van der Waals surface area contributed by atoms with Crippen molar-refractivity contribution in [2.24, 2.45) is 17.8 Å². The largest absolute Gasteiger partial charge is 0.335 e. The summed E-state index contributed by atoms with van der Waals surface area (Å²) in [6.07, 6.45) is 6.14. The maximum absolute atomic E-state index is 12.8. The minimum atomic E-state index is 0.337. The van der Waals surface area contributed by atoms with Gasteiger partial charge in [0, 0.05) is 18.5 Å². The maximum Gasteiger partial charge on any atom is 0.226 e. The standard InChI is InChI=1S/C18H23NO/c1-12-3-2-4-13(7-12)11-19(17-5-6-17)18(20)16-9-14-8-15(14)10-16/h2-4,7,14-17H,5-6,8-11H2,1H3. The molecule has 3 fully saturated rings. The molecule has 1 aromatic rings. The zero-order valence-corrected chi connectivity index (χ0v) is 12.2. The first kappa shape index (κ1) is 12.4. The molecule has 3 aliphatic carbocycles. The molecule has 0 radical (unpaired) electrons. The van der Waals surface area contributed by atoms with E-state index in [1.165, 1.54) is 43.2 Å². The fourth-order valence-corrected chi connectivity index (χ4v) is 3.93. The lowest BCUT2D eigenvalue weighted by Crippen LogP contribution is -2.37. The Morgan fingerprint density at radius 3 is 2.60 bits per heavy atom. The number of aryl methyl sites for hydroxylation is 1. The van der Waals surface area contributed by atoms with E-state index in [4.69, 9.17) is 0 Å². The highest BCUT2D eigenvalue weighted by atomic mass is 16.2. The lowest BCUT2D eigenvalue weighted by molar-refractivity contribution is -0.137. The van der Waals surface area contributed by atoms with Crippen molar-refractivity contribution in [3.63, 3.8) is 0 Å². The second kappa shape index (κ2) is 4.61. The quantitative estimate of drug-likeness (QED) is 0.819. The topological polar surface area (TPSA) is 20.3 Å². The van der Waals surface area contributed by atoms with Gasteiger partial charge in [0.2, 0.25) is 5.91 Å². The van der Waals surface area contributed by atoms with Gasteiger partial charge >= 0.3 is 0 Å². The van der Waals surface area contributed by atoms with Crippen molar-refractivity contribution in [3.8, 4) is 0 Å². The average molecular weight is 269 g/mol. The van der Waals surface area contributed by atoms with Gasteiger partial charge in [-0.05, 0) is 56.4 Å². The Kier molecular flexibility index (Phi) is 2.87. The molecule has 0 aliphatic heterocycles. The van der Waals surface area contributed by atoms with Crippen LogP contribution in [0.3, 0.4) is 0 Å². The van der Waals surface area contributed by atoms with Crippen molar-refractivity contribution in [1.29, 1.82) is 0 Å². The third kappa shape index (κ3) is 2.36. The lowest BCUT2D eigenvalue weighted by atomic mass is 10.0. The average Bonchev–Trinajstić information content (AvgIpc) is 3.35. The van der Waals surface area contributed by atoms with E-state index < -0.39 is 0 Å². The normalized spacial score (nSPS) is 30.9. The highest BCUT2D eigenvalue weighted by Gasteiger charge is 2.49. The van der Waals surface area contributed by atoms with Gasteiger partial charge in [0.1, 0.15) is 0 Å². The van der Waals surface area contributed by atoms with Gasteiger partial charge in [-0.1, -0.05) is 29.8 Å². The first-order valence-electron chi connectivity index (χ1n) is 8.07. The SMILES string of the molecule is Cc1cccc(CN(C(=O)C2CC3CC3C2)C2CC2)c1. The van der Waals surface area contributed by atoms with Crippen LogP contribution in [0.5, 0.6) is 0 Å². The van der Waals surface area contributed by atoms with Crippen LogP contribution < -0.4 is 0 Å². The summed E-state index contributed by atoms with van der Waals surface area (Å²) in [7, 11) is 0. The molecule has 3 aliphatic rings. The molecule has 4 rings (SSSR count). The molecular formula is C18H23NO. The molecule has 1 amide bonds. The molecule has 0 bridgehead atoms. The first-order chi connectivity index (χ1) is 9.70. The number of amides is 1. The third-order valence-corrected chi connectivity index (χ3v) is 5.30. The van der Waals surface area contributed by atoms with E-state index in [2.05, 4.69) is 36.1 Å². The van der Waals surface area contributed by atoms with Gasteiger partial charge in [0.05, 0.1) is 0 Å². The number of benzene rings is 1. The summed E-state index contributed by atoms with van der Waals surface area (Å²) < 4.78 is 0. The molecule has 2 atom stereocenters. The predicted octanol–water partition coefficient (Wildman–Crippen LogP) is 3.53. The van der Waals surface area contributed by atoms with Crippen LogP contribution in [0.15, 0.2) is 24.3 Å². The van der Waals surface area contributed by atoms with Gasteiger partial charge in [-0.25, -0.2) is 0 Å². The summed E-state index contributed by atoms with van der Waals surface area (Å²) in [6, 6.07) is 9.12. The first-order valence-corrected chi connectivity index (χ1v) is 8.07. The number of rotatable bonds is 4. The van der Waals surface area contributed by atoms with Gasteiger partial charge < -0.3 is 4.90 Å². The number of hydrogen-bond donors (Lipinski definition) is 0. The summed E-state index contributed by atoms with van der Waals surface area (Å²) >= 11 is 0. The molecule has 0 heterocycles. The summed E-state index contributed by atoms with van der Waals surface area (Å²) in [4.78, 5) is 15.0. The summed E-state index contributed by atoms with van der Waals surface area (Å²) in [5, 5.41) is 0. The van der Waals surface area contributed by atoms with E-state index in [1.807, 2.05) is 0 Å². The summed E-state index contributed by atoms with van der Waals surface area (Å²) in [6.45, 7) is 2.94. The molecule has 0 spiro atoms. The molecule has 106 valence electrons. The molecule has 3 saturated carbocycles. The van der Waals surface area contributed by atoms with Crippen LogP contribution in [0.1, 0.15) is 43.2 Å². The Hall–Kier alpha value is -1.31. The van der Waals surface area contributed by atoms with Crippen LogP contribution in [0.4, 0.5) is 0 Å². The van der Waals surface area contributed by atoms with Gasteiger partial charge in [-0.2, -0.15) is 0 Å². The second-order valence-electron chi connectivity index (χ2n) is 7.11. The third-order valence-electron chi connectivity index (χ3n) is 5.30. The zero-order valence-electron chi connectivity index (χ0n) is 12.2. The van der Waals surface area contributed by atoms with Crippen LogP contribution >= 0.6 is 0 Å². The fraction of sp³-hybridized carbons (Fsp3) is 0.611. The van der Waals surface area contributed by atoms with Crippen molar-refractivity contribution in [2.75, 3.05) is 0 Å². The molecule has 2 nitrogen and oxygen atoms in total. The zero-order chi connectivity index (χ0) is 13.7. The van der Waals surface area contributed by atoms with E-state index in [-0.39, 0.29) is 0 Å². The van der Waals surface area contributed by atoms with Crippen molar-refractivity contribution in [1.82, 2.24) is 4.90 Å². The minimum absolute atomic E-state index is 0.337. The van der Waals surface area contributed by atoms with Gasteiger partial charge in [0.15, 0.2) is 0 Å². The molecule has 2 heteroatoms. The van der Waals surface area contributed by atoms with Crippen molar-refractivity contribution >= 4 is 5.91 Å². The molecule has 1 aromatic carbocycles. The van der Waals surface area contributed by atoms with Crippen LogP contribution in [-0.4, -0.2) is 16.8 Å². The molecule has 2 unspecified atom stereocenters. The number of carbonyl (C=O) groups is 1. The van der Waals surface area contributed by atoms with Crippen molar-refractivity contribution in [3.05, 3.63) is 35.4 Å². The Balaban J connectivity index is 1.48. The minimum Gasteiger partial charge on any atom is -0.335 e. The van der Waals surface area contributed by atoms with E-state index in [0.717, 1.165) is 18.4 Å². The number of carbonyl (C=O) groups excluding carboxylic acids is 1. The fourth-order valence-electron chi connectivity index (χ4n) is 3.93.